The number of hydrogen-bond donors (Lipinski definition) is 2. The number of amides is 2. The molecule has 0 fully saturated rings. The lowest BCUT2D eigenvalue weighted by atomic mass is 10.0. The summed E-state index contributed by atoms with van der Waals surface area (Å²) in [5.74, 6) is -0.228. The molecule has 200 valence electrons. The Morgan fingerprint density at radius 2 is 1.32 bits per heavy atom. The average molecular weight is 504 g/mol. The molecule has 2 N–H and O–H groups in total. The van der Waals surface area contributed by atoms with Crippen molar-refractivity contribution in [2.24, 2.45) is 0 Å². The summed E-state index contributed by atoms with van der Waals surface area (Å²) < 4.78 is 0. The number of carbonyl (C=O) groups is 2. The maximum atomic E-state index is 12.3. The number of hydrogen-bond acceptors (Lipinski definition) is 3. The minimum atomic E-state index is -0.559. The lowest BCUT2D eigenvalue weighted by Crippen LogP contribution is -2.51. The average Bonchev–Trinajstić information content (AvgIpc) is 2.89. The van der Waals surface area contributed by atoms with E-state index in [0.29, 0.717) is 24.9 Å². The first kappa shape index (κ1) is 31.6. The van der Waals surface area contributed by atoms with Crippen molar-refractivity contribution in [3.05, 3.63) is 103 Å². The number of nitrogens with zero attached hydrogens (tertiary/aromatic N) is 1. The van der Waals surface area contributed by atoms with E-state index in [0.717, 1.165) is 38.5 Å². The second kappa shape index (κ2) is 20.7. The molecule has 0 aromatic carbocycles. The highest BCUT2D eigenvalue weighted by molar-refractivity contribution is 5.94. The second-order valence-electron chi connectivity index (χ2n) is 9.31. The van der Waals surface area contributed by atoms with E-state index in [9.17, 15) is 9.59 Å². The fourth-order valence-electron chi connectivity index (χ4n) is 3.18. The number of rotatable bonds is 18. The monoisotopic (exact) mass is 503 g/mol. The fraction of sp³-hybridized carbons (Fsp3) is 0.406. The minimum absolute atomic E-state index is 0.0248. The Balaban J connectivity index is 2.08. The van der Waals surface area contributed by atoms with Crippen LogP contribution in [0.3, 0.4) is 0 Å². The van der Waals surface area contributed by atoms with E-state index >= 15 is 0 Å². The summed E-state index contributed by atoms with van der Waals surface area (Å²) in [6.45, 7) is 6.27. The van der Waals surface area contributed by atoms with Crippen LogP contribution in [-0.2, 0) is 4.79 Å². The van der Waals surface area contributed by atoms with Crippen molar-refractivity contribution in [2.75, 3.05) is 6.54 Å². The molecule has 0 spiro atoms. The SMILES string of the molecule is CCC=CCC=CCC=CCC=CCC=CCC=CCCC(=O)NCC(C)(C)NC(=O)c1cccnc1. The van der Waals surface area contributed by atoms with E-state index in [-0.39, 0.29) is 11.8 Å². The van der Waals surface area contributed by atoms with Crippen LogP contribution in [0, 0.1) is 0 Å². The molecule has 5 heteroatoms. The third-order valence-corrected chi connectivity index (χ3v) is 5.24. The van der Waals surface area contributed by atoms with Gasteiger partial charge in [0, 0.05) is 25.4 Å². The van der Waals surface area contributed by atoms with Crippen LogP contribution in [0.1, 0.15) is 82.5 Å². The van der Waals surface area contributed by atoms with Crippen LogP contribution < -0.4 is 10.6 Å². The molecule has 0 bridgehead atoms. The summed E-state index contributed by atoms with van der Waals surface area (Å²) in [5, 5.41) is 5.83. The first-order chi connectivity index (χ1) is 17.9. The van der Waals surface area contributed by atoms with Crippen molar-refractivity contribution in [3.63, 3.8) is 0 Å². The molecule has 0 saturated heterocycles. The highest BCUT2D eigenvalue weighted by Crippen LogP contribution is 2.05. The molecule has 1 aromatic rings. The zero-order valence-corrected chi connectivity index (χ0v) is 22.9. The second-order valence-corrected chi connectivity index (χ2v) is 9.31. The van der Waals surface area contributed by atoms with E-state index in [1.807, 2.05) is 19.9 Å². The van der Waals surface area contributed by atoms with E-state index in [2.05, 4.69) is 89.4 Å². The number of nitrogens with one attached hydrogen (secondary N) is 2. The summed E-state index contributed by atoms with van der Waals surface area (Å²) in [5.41, 5.74) is -0.0591. The van der Waals surface area contributed by atoms with Gasteiger partial charge in [-0.3, -0.25) is 14.6 Å². The standard InChI is InChI=1S/C32H45N3O2/c1-4-5-6-7-8-9-10-11-12-13-14-15-16-17-18-19-20-21-22-25-30(36)34-28-32(2,3)35-31(37)29-24-23-26-33-27-29/h5-6,8-9,11-12,14-15,17-18,20-21,23-24,26-27H,4,7,10,13,16,19,22,25,28H2,1-3H3,(H,34,36)(H,35,37). The third-order valence-electron chi connectivity index (χ3n) is 5.24. The van der Waals surface area contributed by atoms with Gasteiger partial charge < -0.3 is 10.6 Å². The van der Waals surface area contributed by atoms with Gasteiger partial charge in [0.25, 0.3) is 5.91 Å². The number of allylic oxidation sites excluding steroid dienone is 12. The molecule has 0 aliphatic rings. The predicted octanol–water partition coefficient (Wildman–Crippen LogP) is 7.18. The Hall–Kier alpha value is -3.47. The lowest BCUT2D eigenvalue weighted by molar-refractivity contribution is -0.121. The van der Waals surface area contributed by atoms with Crippen LogP contribution in [-0.4, -0.2) is 28.9 Å². The van der Waals surface area contributed by atoms with Crippen molar-refractivity contribution in [3.8, 4) is 0 Å². The summed E-state index contributed by atoms with van der Waals surface area (Å²) >= 11 is 0. The fourth-order valence-corrected chi connectivity index (χ4v) is 3.18. The summed E-state index contributed by atoms with van der Waals surface area (Å²) in [6.07, 6.45) is 36.1. The largest absolute Gasteiger partial charge is 0.354 e. The van der Waals surface area contributed by atoms with Crippen LogP contribution >= 0.6 is 0 Å². The van der Waals surface area contributed by atoms with Gasteiger partial charge in [-0.05, 0) is 70.9 Å². The number of aromatic nitrogens is 1. The highest BCUT2D eigenvalue weighted by Gasteiger charge is 2.21. The maximum Gasteiger partial charge on any atom is 0.253 e. The maximum absolute atomic E-state index is 12.3. The van der Waals surface area contributed by atoms with Gasteiger partial charge in [0.2, 0.25) is 5.91 Å². The minimum Gasteiger partial charge on any atom is -0.354 e. The summed E-state index contributed by atoms with van der Waals surface area (Å²) in [7, 11) is 0. The number of carbonyl (C=O) groups excluding carboxylic acids is 2. The van der Waals surface area contributed by atoms with Gasteiger partial charge in [-0.1, -0.05) is 79.8 Å². The van der Waals surface area contributed by atoms with E-state index in [1.54, 1.807) is 18.3 Å². The van der Waals surface area contributed by atoms with Crippen LogP contribution in [0.2, 0.25) is 0 Å². The summed E-state index contributed by atoms with van der Waals surface area (Å²) in [6, 6.07) is 3.43. The Bertz CT molecular complexity index is 938. The third kappa shape index (κ3) is 18.5. The van der Waals surface area contributed by atoms with E-state index in [4.69, 9.17) is 0 Å². The number of pyridine rings is 1. The molecule has 0 atom stereocenters. The zero-order valence-electron chi connectivity index (χ0n) is 22.9. The molecule has 0 aliphatic carbocycles. The zero-order chi connectivity index (χ0) is 27.0. The molecule has 0 unspecified atom stereocenters. The molecule has 2 amide bonds. The molecule has 0 aliphatic heterocycles. The Morgan fingerprint density at radius 1 is 0.811 bits per heavy atom. The molecule has 0 radical (unpaired) electrons. The van der Waals surface area contributed by atoms with Crippen LogP contribution in [0.15, 0.2) is 97.4 Å². The van der Waals surface area contributed by atoms with E-state index in [1.165, 1.54) is 6.20 Å². The van der Waals surface area contributed by atoms with Crippen molar-refractivity contribution in [1.82, 2.24) is 15.6 Å². The molecule has 0 saturated carbocycles. The van der Waals surface area contributed by atoms with Gasteiger partial charge in [-0.25, -0.2) is 0 Å². The molecular formula is C32H45N3O2. The van der Waals surface area contributed by atoms with Crippen molar-refractivity contribution < 1.29 is 9.59 Å². The molecule has 1 rings (SSSR count). The smallest absolute Gasteiger partial charge is 0.253 e. The Morgan fingerprint density at radius 3 is 1.81 bits per heavy atom. The van der Waals surface area contributed by atoms with E-state index < -0.39 is 5.54 Å². The van der Waals surface area contributed by atoms with Gasteiger partial charge in [0.15, 0.2) is 0 Å². The van der Waals surface area contributed by atoms with Gasteiger partial charge in [-0.2, -0.15) is 0 Å². The molecular weight excluding hydrogens is 458 g/mol. The van der Waals surface area contributed by atoms with Gasteiger partial charge in [-0.15, -0.1) is 0 Å². The highest BCUT2D eigenvalue weighted by atomic mass is 16.2. The molecule has 1 heterocycles. The molecule has 1 aromatic heterocycles. The van der Waals surface area contributed by atoms with Gasteiger partial charge in [0.05, 0.1) is 11.1 Å². The van der Waals surface area contributed by atoms with Gasteiger partial charge >= 0.3 is 0 Å². The Kier molecular flexibility index (Phi) is 17.7. The quantitative estimate of drug-likeness (QED) is 0.208. The topological polar surface area (TPSA) is 71.1 Å². The van der Waals surface area contributed by atoms with Crippen molar-refractivity contribution in [2.45, 2.75) is 77.7 Å². The summed E-state index contributed by atoms with van der Waals surface area (Å²) in [4.78, 5) is 28.4. The molecule has 37 heavy (non-hydrogen) atoms. The van der Waals surface area contributed by atoms with Crippen LogP contribution in [0.4, 0.5) is 0 Å². The lowest BCUT2D eigenvalue weighted by Gasteiger charge is -2.26. The predicted molar refractivity (Wildman–Crippen MR) is 156 cm³/mol. The first-order valence-corrected chi connectivity index (χ1v) is 13.3. The van der Waals surface area contributed by atoms with Gasteiger partial charge in [0.1, 0.15) is 0 Å². The first-order valence-electron chi connectivity index (χ1n) is 13.3. The Labute approximate surface area is 224 Å². The normalized spacial score (nSPS) is 12.7. The molecule has 5 nitrogen and oxygen atoms in total. The van der Waals surface area contributed by atoms with Crippen molar-refractivity contribution in [1.29, 1.82) is 0 Å². The van der Waals surface area contributed by atoms with Crippen LogP contribution in [0.25, 0.3) is 0 Å². The van der Waals surface area contributed by atoms with Crippen LogP contribution in [0.5, 0.6) is 0 Å². The van der Waals surface area contributed by atoms with Crippen molar-refractivity contribution >= 4 is 11.8 Å².